The van der Waals surface area contributed by atoms with Gasteiger partial charge in [0.05, 0.1) is 36.0 Å². The lowest BCUT2D eigenvalue weighted by Gasteiger charge is -2.45. The van der Waals surface area contributed by atoms with Crippen molar-refractivity contribution in [1.82, 2.24) is 4.90 Å². The van der Waals surface area contributed by atoms with Crippen molar-refractivity contribution in [1.29, 1.82) is 5.26 Å². The van der Waals surface area contributed by atoms with E-state index in [2.05, 4.69) is 0 Å². The number of carbonyl (C=O) groups is 3. The summed E-state index contributed by atoms with van der Waals surface area (Å²) in [5, 5.41) is 9.13. The monoisotopic (exact) mass is 483 g/mol. The summed E-state index contributed by atoms with van der Waals surface area (Å²) in [4.78, 5) is 41.4. The normalized spacial score (nSPS) is 18.3. The molecule has 1 atom stereocenters. The van der Waals surface area contributed by atoms with Crippen LogP contribution in [0.25, 0.3) is 0 Å². The number of carbonyl (C=O) groups excluding carboxylic acids is 3. The maximum Gasteiger partial charge on any atom is 0.416 e. The molecule has 7 nitrogen and oxygen atoms in total. The molecule has 2 aromatic rings. The number of hydrogen-bond acceptors (Lipinski definition) is 5. The number of ether oxygens (including phenoxy) is 1. The minimum Gasteiger partial charge on any atom is -0.468 e. The molecule has 180 valence electrons. The van der Waals surface area contributed by atoms with E-state index >= 15 is 0 Å². The summed E-state index contributed by atoms with van der Waals surface area (Å²) in [6.45, 7) is -0.528. The molecule has 4 rings (SSSR count). The molecule has 1 heterocycles. The molecule has 0 bridgehead atoms. The van der Waals surface area contributed by atoms with E-state index in [-0.39, 0.29) is 23.5 Å². The molecule has 0 radical (unpaired) electrons. The van der Waals surface area contributed by atoms with E-state index in [9.17, 15) is 27.6 Å². The number of nitrogens with zero attached hydrogens (tertiary/aromatic N) is 3. The van der Waals surface area contributed by atoms with E-state index in [0.717, 1.165) is 29.0 Å². The number of alkyl halides is 3. The Morgan fingerprint density at radius 2 is 1.86 bits per heavy atom. The lowest BCUT2D eigenvalue weighted by Crippen LogP contribution is -2.53. The Kier molecular flexibility index (Phi) is 6.35. The summed E-state index contributed by atoms with van der Waals surface area (Å²) in [7, 11) is 1.15. The highest BCUT2D eigenvalue weighted by atomic mass is 19.4. The Hall–Kier alpha value is -4.13. The van der Waals surface area contributed by atoms with Crippen LogP contribution in [0.1, 0.15) is 42.0 Å². The number of esters is 1. The predicted molar refractivity (Wildman–Crippen MR) is 118 cm³/mol. The summed E-state index contributed by atoms with van der Waals surface area (Å²) in [5.41, 5.74) is 0.404. The van der Waals surface area contributed by atoms with Crippen LogP contribution in [-0.2, 0) is 20.5 Å². The second-order valence-corrected chi connectivity index (χ2v) is 8.14. The number of urea groups is 1. The molecule has 0 fully saturated rings. The Bertz CT molecular complexity index is 1260. The summed E-state index contributed by atoms with van der Waals surface area (Å²) >= 11 is 0. The molecular formula is C25H20F3N3O4. The van der Waals surface area contributed by atoms with Gasteiger partial charge in [-0.2, -0.15) is 18.4 Å². The van der Waals surface area contributed by atoms with Crippen LogP contribution < -0.4 is 4.90 Å². The first-order chi connectivity index (χ1) is 16.7. The van der Waals surface area contributed by atoms with E-state index < -0.39 is 36.3 Å². The molecule has 0 saturated carbocycles. The zero-order valence-corrected chi connectivity index (χ0v) is 18.6. The molecule has 1 aliphatic heterocycles. The van der Waals surface area contributed by atoms with Crippen molar-refractivity contribution >= 4 is 23.5 Å². The predicted octanol–water partition coefficient (Wildman–Crippen LogP) is 4.74. The van der Waals surface area contributed by atoms with Crippen molar-refractivity contribution in [3.8, 4) is 6.07 Å². The highest BCUT2D eigenvalue weighted by molar-refractivity contribution is 6.07. The molecular weight excluding hydrogens is 463 g/mol. The third kappa shape index (κ3) is 4.49. The minimum absolute atomic E-state index is 0.0554. The first-order valence-electron chi connectivity index (χ1n) is 10.8. The van der Waals surface area contributed by atoms with Gasteiger partial charge in [-0.25, -0.2) is 4.79 Å². The van der Waals surface area contributed by atoms with Crippen molar-refractivity contribution in [3.63, 3.8) is 0 Å². The van der Waals surface area contributed by atoms with Crippen molar-refractivity contribution in [2.75, 3.05) is 18.6 Å². The van der Waals surface area contributed by atoms with Gasteiger partial charge in [-0.3, -0.25) is 14.5 Å². The molecule has 10 heteroatoms. The van der Waals surface area contributed by atoms with E-state index in [1.807, 2.05) is 6.07 Å². The average Bonchev–Trinajstić information content (AvgIpc) is 2.84. The fourth-order valence-electron chi connectivity index (χ4n) is 4.44. The topological polar surface area (TPSA) is 90.7 Å². The zero-order valence-electron chi connectivity index (χ0n) is 18.6. The molecule has 0 spiro atoms. The van der Waals surface area contributed by atoms with E-state index in [0.29, 0.717) is 29.7 Å². The van der Waals surface area contributed by atoms with Crippen LogP contribution in [0.5, 0.6) is 0 Å². The lowest BCUT2D eigenvalue weighted by molar-refractivity contribution is -0.141. The van der Waals surface area contributed by atoms with Gasteiger partial charge < -0.3 is 9.64 Å². The van der Waals surface area contributed by atoms with Gasteiger partial charge in [-0.15, -0.1) is 0 Å². The van der Waals surface area contributed by atoms with E-state index in [1.165, 1.54) is 24.3 Å². The number of nitriles is 1. The molecule has 1 aliphatic carbocycles. The Morgan fingerprint density at radius 1 is 1.14 bits per heavy atom. The van der Waals surface area contributed by atoms with Gasteiger partial charge in [-0.1, -0.05) is 18.2 Å². The number of halogens is 3. The highest BCUT2D eigenvalue weighted by Crippen LogP contribution is 2.44. The molecule has 2 aromatic carbocycles. The average molecular weight is 483 g/mol. The number of Topliss-reactive ketones (excluding diaryl/α,β-unsaturated/α-hetero) is 1. The molecule has 0 unspecified atom stereocenters. The maximum absolute atomic E-state index is 13.8. The van der Waals surface area contributed by atoms with Crippen molar-refractivity contribution < 1.29 is 32.3 Å². The summed E-state index contributed by atoms with van der Waals surface area (Å²) < 4.78 is 45.0. The molecule has 0 N–H and O–H groups in total. The number of benzene rings is 2. The van der Waals surface area contributed by atoms with Crippen molar-refractivity contribution in [2.45, 2.75) is 31.5 Å². The molecule has 35 heavy (non-hydrogen) atoms. The fourth-order valence-corrected chi connectivity index (χ4v) is 4.44. The summed E-state index contributed by atoms with van der Waals surface area (Å²) in [5.74, 6) is -1.02. The van der Waals surface area contributed by atoms with Crippen LogP contribution in [-0.4, -0.2) is 36.3 Å². The molecule has 0 saturated heterocycles. The van der Waals surface area contributed by atoms with Gasteiger partial charge in [0, 0.05) is 17.7 Å². The van der Waals surface area contributed by atoms with Crippen LogP contribution in [0.2, 0.25) is 0 Å². The van der Waals surface area contributed by atoms with Gasteiger partial charge >= 0.3 is 18.2 Å². The Morgan fingerprint density at radius 3 is 2.49 bits per heavy atom. The molecule has 2 amide bonds. The third-order valence-corrected chi connectivity index (χ3v) is 6.04. The third-order valence-electron chi connectivity index (χ3n) is 6.04. The highest BCUT2D eigenvalue weighted by Gasteiger charge is 2.45. The second-order valence-electron chi connectivity index (χ2n) is 8.14. The first-order valence-corrected chi connectivity index (χ1v) is 10.8. The van der Waals surface area contributed by atoms with Crippen LogP contribution in [0.4, 0.5) is 23.7 Å². The van der Waals surface area contributed by atoms with Gasteiger partial charge in [0.25, 0.3) is 0 Å². The smallest absolute Gasteiger partial charge is 0.416 e. The number of allylic oxidation sites excluding steroid dienone is 1. The second kappa shape index (κ2) is 9.25. The number of ketones is 1. The number of amides is 2. The van der Waals surface area contributed by atoms with Gasteiger partial charge in [0.1, 0.15) is 6.54 Å². The van der Waals surface area contributed by atoms with Gasteiger partial charge in [-0.05, 0) is 48.7 Å². The Labute approximate surface area is 199 Å². The zero-order chi connectivity index (χ0) is 25.3. The van der Waals surface area contributed by atoms with Crippen LogP contribution in [0.3, 0.4) is 0 Å². The van der Waals surface area contributed by atoms with Gasteiger partial charge in [0.15, 0.2) is 5.78 Å². The van der Waals surface area contributed by atoms with Crippen LogP contribution in [0.15, 0.2) is 59.8 Å². The molecule has 0 aromatic heterocycles. The van der Waals surface area contributed by atoms with E-state index in [4.69, 9.17) is 10.00 Å². The minimum atomic E-state index is -4.63. The number of hydrogen-bond donors (Lipinski definition) is 0. The number of anilines is 1. The van der Waals surface area contributed by atoms with Crippen molar-refractivity contribution in [2.24, 2.45) is 0 Å². The Balaban J connectivity index is 1.93. The number of methoxy groups -OCH3 is 1. The maximum atomic E-state index is 13.8. The lowest BCUT2D eigenvalue weighted by atomic mass is 9.83. The van der Waals surface area contributed by atoms with Gasteiger partial charge in [0.2, 0.25) is 0 Å². The summed E-state index contributed by atoms with van der Waals surface area (Å²) in [6, 6.07) is 10.8. The summed E-state index contributed by atoms with van der Waals surface area (Å²) in [6.07, 6.45) is -3.72. The van der Waals surface area contributed by atoms with Crippen LogP contribution >= 0.6 is 0 Å². The van der Waals surface area contributed by atoms with Crippen molar-refractivity contribution in [3.05, 3.63) is 76.5 Å². The largest absolute Gasteiger partial charge is 0.468 e. The fraction of sp³-hybridized carbons (Fsp3) is 0.280. The van der Waals surface area contributed by atoms with E-state index in [1.54, 1.807) is 12.1 Å². The quantitative estimate of drug-likeness (QED) is 0.586. The van der Waals surface area contributed by atoms with Crippen LogP contribution in [0, 0.1) is 11.3 Å². The molecule has 2 aliphatic rings. The SMILES string of the molecule is COC(=O)CN1C(=O)N(c2cccc(C(F)(F)F)c2)C2=C(C(=O)CCC2)[C@@H]1c1ccc(C#N)cc1. The number of rotatable bonds is 4. The standard InChI is InChI=1S/C25H20F3N3O4/c1-35-21(33)14-30-23(16-10-8-15(13-29)9-11-16)22-19(6-3-7-20(22)32)31(24(30)34)18-5-2-4-17(12-18)25(26,27)28/h2,4-5,8-12,23H,3,6-7,14H2,1H3/t23-/m0/s1. The first kappa shape index (κ1) is 24.0.